The smallest absolute Gasteiger partial charge is 0.168 e. The van der Waals surface area contributed by atoms with Crippen molar-refractivity contribution >= 4 is 16.9 Å². The van der Waals surface area contributed by atoms with Crippen LogP contribution >= 0.6 is 0 Å². The molecule has 0 radical (unpaired) electrons. The molecule has 1 saturated heterocycles. The summed E-state index contributed by atoms with van der Waals surface area (Å²) in [7, 11) is 0. The monoisotopic (exact) mass is 346 g/mol. The third kappa shape index (κ3) is 2.35. The van der Waals surface area contributed by atoms with E-state index >= 15 is 0 Å². The van der Waals surface area contributed by atoms with Crippen LogP contribution in [-0.2, 0) is 0 Å². The van der Waals surface area contributed by atoms with E-state index in [2.05, 4.69) is 25.1 Å². The second kappa shape index (κ2) is 5.94. The highest BCUT2D eigenvalue weighted by molar-refractivity contribution is 5.88. The highest BCUT2D eigenvalue weighted by Gasteiger charge is 2.31. The van der Waals surface area contributed by atoms with Crippen molar-refractivity contribution in [2.24, 2.45) is 0 Å². The Kier molecular flexibility index (Phi) is 3.44. The predicted octanol–water partition coefficient (Wildman–Crippen LogP) is 3.45. The van der Waals surface area contributed by atoms with Gasteiger partial charge in [-0.05, 0) is 31.9 Å². The fraction of sp³-hybridized carbons (Fsp3) is 0.263. The number of aryl methyl sites for hydroxylation is 1. The zero-order valence-electron chi connectivity index (χ0n) is 14.4. The lowest BCUT2D eigenvalue weighted by atomic mass is 10.1. The summed E-state index contributed by atoms with van der Waals surface area (Å²) < 4.78 is 7.14. The van der Waals surface area contributed by atoms with Crippen LogP contribution in [-0.4, -0.2) is 31.4 Å². The van der Waals surface area contributed by atoms with Crippen LogP contribution in [0, 0.1) is 6.92 Å². The van der Waals surface area contributed by atoms with Gasteiger partial charge in [0.05, 0.1) is 23.3 Å². The summed E-state index contributed by atoms with van der Waals surface area (Å²) in [6.45, 7) is 2.85. The average molecular weight is 346 g/mol. The molecular formula is C19H18N6O. The lowest BCUT2D eigenvalue weighted by Crippen LogP contribution is -2.24. The molecule has 0 N–H and O–H groups in total. The summed E-state index contributed by atoms with van der Waals surface area (Å²) >= 11 is 0. The molecule has 1 aliphatic heterocycles. The molecule has 1 fully saturated rings. The van der Waals surface area contributed by atoms with Gasteiger partial charge in [0, 0.05) is 12.6 Å². The number of benzene rings is 1. The average Bonchev–Trinajstić information content (AvgIpc) is 3.41. The molecule has 0 spiro atoms. The Labute approximate surface area is 150 Å². The molecule has 1 aromatic carbocycles. The topological polar surface area (TPSA) is 72.9 Å². The van der Waals surface area contributed by atoms with Gasteiger partial charge in [-0.15, -0.1) is 0 Å². The highest BCUT2D eigenvalue weighted by atomic mass is 16.5. The number of fused-ring (bicyclic) bond motifs is 1. The van der Waals surface area contributed by atoms with Gasteiger partial charge in [-0.1, -0.05) is 23.4 Å². The lowest BCUT2D eigenvalue weighted by molar-refractivity contribution is 0.385. The third-order valence-electron chi connectivity index (χ3n) is 4.86. The van der Waals surface area contributed by atoms with Gasteiger partial charge in [0.1, 0.15) is 23.6 Å². The fourth-order valence-corrected chi connectivity index (χ4v) is 3.69. The summed E-state index contributed by atoms with van der Waals surface area (Å²) in [5.74, 6) is 1.73. The maximum atomic E-state index is 5.28. The van der Waals surface area contributed by atoms with Crippen LogP contribution in [0.5, 0.6) is 0 Å². The van der Waals surface area contributed by atoms with Crippen LogP contribution in [0.15, 0.2) is 53.4 Å². The molecular weight excluding hydrogens is 328 g/mol. The second-order valence-electron chi connectivity index (χ2n) is 6.54. The van der Waals surface area contributed by atoms with Gasteiger partial charge in [-0.3, -0.25) is 0 Å². The summed E-state index contributed by atoms with van der Waals surface area (Å²) in [4.78, 5) is 11.4. The summed E-state index contributed by atoms with van der Waals surface area (Å²) in [6.07, 6.45) is 5.59. The Hall–Kier alpha value is -3.22. The lowest BCUT2D eigenvalue weighted by Gasteiger charge is -2.24. The zero-order chi connectivity index (χ0) is 17.5. The van der Waals surface area contributed by atoms with Gasteiger partial charge in [-0.2, -0.15) is 5.10 Å². The Bertz CT molecular complexity index is 1050. The SMILES string of the molecule is Cc1cc([C@H]2CCCN2c2ncnc3c2cnn3-c2ccccc2)no1. The van der Waals surface area contributed by atoms with Crippen molar-refractivity contribution in [1.29, 1.82) is 0 Å². The Morgan fingerprint density at radius 1 is 1.15 bits per heavy atom. The van der Waals surface area contributed by atoms with E-state index in [1.54, 1.807) is 6.33 Å². The van der Waals surface area contributed by atoms with E-state index in [1.165, 1.54) is 0 Å². The van der Waals surface area contributed by atoms with Crippen molar-refractivity contribution < 1.29 is 4.52 Å². The van der Waals surface area contributed by atoms with Crippen molar-refractivity contribution in [1.82, 2.24) is 24.9 Å². The van der Waals surface area contributed by atoms with Crippen LogP contribution in [0.3, 0.4) is 0 Å². The molecule has 1 aliphatic rings. The molecule has 5 rings (SSSR count). The van der Waals surface area contributed by atoms with Gasteiger partial charge in [0.15, 0.2) is 5.65 Å². The molecule has 1 atom stereocenters. The molecule has 3 aromatic heterocycles. The predicted molar refractivity (Wildman–Crippen MR) is 97.2 cm³/mol. The van der Waals surface area contributed by atoms with Crippen LogP contribution in [0.1, 0.15) is 30.3 Å². The molecule has 0 unspecified atom stereocenters. The van der Waals surface area contributed by atoms with E-state index in [4.69, 9.17) is 4.52 Å². The standard InChI is InChI=1S/C19H18N6O/c1-13-10-16(23-26-13)17-8-5-9-24(17)18-15-11-22-25(19(15)21-12-20-18)14-6-3-2-4-7-14/h2-4,6-7,10-12,17H,5,8-9H2,1H3/t17-/m1/s1. The first kappa shape index (κ1) is 15.1. The van der Waals surface area contributed by atoms with Crippen molar-refractivity contribution in [2.75, 3.05) is 11.4 Å². The molecule has 7 nitrogen and oxygen atoms in total. The normalized spacial score (nSPS) is 17.3. The largest absolute Gasteiger partial charge is 0.361 e. The van der Waals surface area contributed by atoms with Crippen molar-refractivity contribution in [2.45, 2.75) is 25.8 Å². The quantitative estimate of drug-likeness (QED) is 0.566. The summed E-state index contributed by atoms with van der Waals surface area (Å²) in [6, 6.07) is 12.2. The molecule has 4 aromatic rings. The number of para-hydroxylation sites is 1. The van der Waals surface area contributed by atoms with Gasteiger partial charge in [-0.25, -0.2) is 14.6 Å². The van der Waals surface area contributed by atoms with E-state index in [1.807, 2.05) is 54.2 Å². The number of nitrogens with zero attached hydrogens (tertiary/aromatic N) is 6. The van der Waals surface area contributed by atoms with Crippen LogP contribution in [0.4, 0.5) is 5.82 Å². The number of hydrogen-bond acceptors (Lipinski definition) is 6. The number of anilines is 1. The molecule has 0 amide bonds. The minimum atomic E-state index is 0.172. The molecule has 0 bridgehead atoms. The van der Waals surface area contributed by atoms with Crippen LogP contribution < -0.4 is 4.90 Å². The molecule has 4 heterocycles. The van der Waals surface area contributed by atoms with Gasteiger partial charge in [0.2, 0.25) is 0 Å². The number of aromatic nitrogens is 5. The van der Waals surface area contributed by atoms with Gasteiger partial charge >= 0.3 is 0 Å². The maximum absolute atomic E-state index is 5.28. The Morgan fingerprint density at radius 2 is 2.04 bits per heavy atom. The first-order chi connectivity index (χ1) is 12.8. The van der Waals surface area contributed by atoms with Gasteiger partial charge in [0.25, 0.3) is 0 Å². The highest BCUT2D eigenvalue weighted by Crippen LogP contribution is 2.37. The Morgan fingerprint density at radius 3 is 2.85 bits per heavy atom. The Balaban J connectivity index is 1.60. The third-order valence-corrected chi connectivity index (χ3v) is 4.86. The summed E-state index contributed by atoms with van der Waals surface area (Å²) in [5.41, 5.74) is 2.75. The zero-order valence-corrected chi connectivity index (χ0v) is 14.4. The van der Waals surface area contributed by atoms with E-state index < -0.39 is 0 Å². The number of hydrogen-bond donors (Lipinski definition) is 0. The number of rotatable bonds is 3. The van der Waals surface area contributed by atoms with Crippen LogP contribution in [0.25, 0.3) is 16.7 Å². The van der Waals surface area contributed by atoms with Crippen molar-refractivity contribution in [3.63, 3.8) is 0 Å². The van der Waals surface area contributed by atoms with Crippen molar-refractivity contribution in [3.05, 3.63) is 60.4 Å². The molecule has 26 heavy (non-hydrogen) atoms. The molecule has 0 saturated carbocycles. The first-order valence-corrected chi connectivity index (χ1v) is 8.75. The van der Waals surface area contributed by atoms with Gasteiger partial charge < -0.3 is 9.42 Å². The van der Waals surface area contributed by atoms with Crippen molar-refractivity contribution in [3.8, 4) is 5.69 Å². The minimum absolute atomic E-state index is 0.172. The maximum Gasteiger partial charge on any atom is 0.168 e. The van der Waals surface area contributed by atoms with Crippen LogP contribution in [0.2, 0.25) is 0 Å². The molecule has 7 heteroatoms. The van der Waals surface area contributed by atoms with E-state index in [0.717, 1.165) is 53.4 Å². The molecule has 0 aliphatic carbocycles. The minimum Gasteiger partial charge on any atom is -0.361 e. The second-order valence-corrected chi connectivity index (χ2v) is 6.54. The van der Waals surface area contributed by atoms with E-state index in [-0.39, 0.29) is 6.04 Å². The van der Waals surface area contributed by atoms with E-state index in [9.17, 15) is 0 Å². The fourth-order valence-electron chi connectivity index (χ4n) is 3.69. The molecule has 130 valence electrons. The first-order valence-electron chi connectivity index (χ1n) is 8.75. The van der Waals surface area contributed by atoms with E-state index in [0.29, 0.717) is 0 Å². The summed E-state index contributed by atoms with van der Waals surface area (Å²) in [5, 5.41) is 9.73.